The largest absolute Gasteiger partial charge is 0.393 e. The van der Waals surface area contributed by atoms with Gasteiger partial charge in [-0.1, -0.05) is 6.42 Å². The second kappa shape index (κ2) is 5.57. The first-order valence-corrected chi connectivity index (χ1v) is 6.58. The maximum absolute atomic E-state index is 12.7. The zero-order valence-electron chi connectivity index (χ0n) is 10.1. The minimum Gasteiger partial charge on any atom is -0.313 e. The van der Waals surface area contributed by atoms with Crippen LogP contribution >= 0.6 is 0 Å². The molecular formula is C12H21F3N2. The zero-order chi connectivity index (χ0) is 12.3. The standard InChI is InChI=1S/C12H21F3N2/c13-12(14,15)10-4-3-7-17(8-10)9-11-5-1-2-6-16-11/h10-11,16H,1-9H2. The van der Waals surface area contributed by atoms with Crippen LogP contribution in [0.5, 0.6) is 0 Å². The van der Waals surface area contributed by atoms with Gasteiger partial charge in [-0.15, -0.1) is 0 Å². The van der Waals surface area contributed by atoms with E-state index in [0.717, 1.165) is 26.1 Å². The van der Waals surface area contributed by atoms with Gasteiger partial charge in [-0.05, 0) is 38.8 Å². The quantitative estimate of drug-likeness (QED) is 0.809. The number of nitrogens with one attached hydrogen (secondary N) is 1. The first-order chi connectivity index (χ1) is 8.05. The maximum atomic E-state index is 12.7. The Labute approximate surface area is 101 Å². The molecule has 0 aromatic heterocycles. The van der Waals surface area contributed by atoms with E-state index in [1.807, 2.05) is 4.90 Å². The van der Waals surface area contributed by atoms with E-state index in [-0.39, 0.29) is 6.54 Å². The van der Waals surface area contributed by atoms with Crippen molar-refractivity contribution in [3.05, 3.63) is 0 Å². The first-order valence-electron chi connectivity index (χ1n) is 6.58. The van der Waals surface area contributed by atoms with Crippen molar-refractivity contribution in [1.82, 2.24) is 10.2 Å². The molecule has 2 saturated heterocycles. The highest BCUT2D eigenvalue weighted by Crippen LogP contribution is 2.33. The van der Waals surface area contributed by atoms with Gasteiger partial charge in [-0.3, -0.25) is 0 Å². The normalized spacial score (nSPS) is 32.6. The summed E-state index contributed by atoms with van der Waals surface area (Å²) in [6.07, 6.45) is 0.469. The van der Waals surface area contributed by atoms with Crippen molar-refractivity contribution in [2.75, 3.05) is 26.2 Å². The number of piperidine rings is 2. The number of nitrogens with zero attached hydrogens (tertiary/aromatic N) is 1. The predicted molar refractivity (Wildman–Crippen MR) is 60.9 cm³/mol. The molecule has 2 atom stereocenters. The fourth-order valence-corrected chi connectivity index (χ4v) is 2.88. The van der Waals surface area contributed by atoms with E-state index in [2.05, 4.69) is 5.32 Å². The van der Waals surface area contributed by atoms with Crippen molar-refractivity contribution < 1.29 is 13.2 Å². The third kappa shape index (κ3) is 3.85. The van der Waals surface area contributed by atoms with Gasteiger partial charge in [0.15, 0.2) is 0 Å². The van der Waals surface area contributed by atoms with Crippen LogP contribution in [0.25, 0.3) is 0 Å². The maximum Gasteiger partial charge on any atom is 0.393 e. The third-order valence-corrected chi connectivity index (χ3v) is 3.86. The summed E-state index contributed by atoms with van der Waals surface area (Å²) in [5.74, 6) is -1.11. The van der Waals surface area contributed by atoms with Gasteiger partial charge in [0.2, 0.25) is 0 Å². The van der Waals surface area contributed by atoms with E-state index >= 15 is 0 Å². The topological polar surface area (TPSA) is 15.3 Å². The van der Waals surface area contributed by atoms with Gasteiger partial charge in [-0.2, -0.15) is 13.2 Å². The van der Waals surface area contributed by atoms with Crippen molar-refractivity contribution in [2.45, 2.75) is 44.3 Å². The zero-order valence-corrected chi connectivity index (χ0v) is 10.1. The minimum atomic E-state index is -4.02. The van der Waals surface area contributed by atoms with Gasteiger partial charge in [0, 0.05) is 19.1 Å². The SMILES string of the molecule is FC(F)(F)C1CCCN(CC2CCCCN2)C1. The van der Waals surface area contributed by atoms with Crippen molar-refractivity contribution in [1.29, 1.82) is 0 Å². The van der Waals surface area contributed by atoms with E-state index in [0.29, 0.717) is 18.9 Å². The van der Waals surface area contributed by atoms with E-state index in [1.165, 1.54) is 12.8 Å². The fourth-order valence-electron chi connectivity index (χ4n) is 2.88. The molecule has 2 aliphatic heterocycles. The minimum absolute atomic E-state index is 0.196. The van der Waals surface area contributed by atoms with Crippen LogP contribution in [0.15, 0.2) is 0 Å². The summed E-state index contributed by atoms with van der Waals surface area (Å²) in [5.41, 5.74) is 0. The molecule has 0 aromatic rings. The first kappa shape index (κ1) is 13.1. The molecule has 2 rings (SSSR count). The predicted octanol–water partition coefficient (Wildman–Crippen LogP) is 2.40. The smallest absolute Gasteiger partial charge is 0.313 e. The molecule has 0 saturated carbocycles. The fraction of sp³-hybridized carbons (Fsp3) is 1.00. The summed E-state index contributed by atoms with van der Waals surface area (Å²) < 4.78 is 38.0. The molecule has 0 aromatic carbocycles. The lowest BCUT2D eigenvalue weighted by molar-refractivity contribution is -0.186. The molecule has 0 bridgehead atoms. The molecule has 1 N–H and O–H groups in total. The molecule has 0 aliphatic carbocycles. The third-order valence-electron chi connectivity index (χ3n) is 3.86. The summed E-state index contributed by atoms with van der Waals surface area (Å²) in [6.45, 7) is 2.82. The van der Waals surface area contributed by atoms with Gasteiger partial charge in [0.05, 0.1) is 5.92 Å². The van der Waals surface area contributed by atoms with Crippen LogP contribution in [0.2, 0.25) is 0 Å². The van der Waals surface area contributed by atoms with Crippen LogP contribution in [0.4, 0.5) is 13.2 Å². The van der Waals surface area contributed by atoms with Crippen LogP contribution in [0.1, 0.15) is 32.1 Å². The van der Waals surface area contributed by atoms with Crippen LogP contribution < -0.4 is 5.32 Å². The lowest BCUT2D eigenvalue weighted by Crippen LogP contribution is -2.48. The second-order valence-electron chi connectivity index (χ2n) is 5.29. The van der Waals surface area contributed by atoms with E-state index in [1.54, 1.807) is 0 Å². The Morgan fingerprint density at radius 1 is 1.12 bits per heavy atom. The number of likely N-dealkylation sites (tertiary alicyclic amines) is 1. The highest BCUT2D eigenvalue weighted by Gasteiger charge is 2.41. The molecule has 0 amide bonds. The van der Waals surface area contributed by atoms with E-state index in [9.17, 15) is 13.2 Å². The molecule has 17 heavy (non-hydrogen) atoms. The molecule has 5 heteroatoms. The van der Waals surface area contributed by atoms with Gasteiger partial charge < -0.3 is 10.2 Å². The summed E-state index contributed by atoms with van der Waals surface area (Å²) in [4.78, 5) is 1.99. The van der Waals surface area contributed by atoms with E-state index < -0.39 is 12.1 Å². The Balaban J connectivity index is 1.80. The summed E-state index contributed by atoms with van der Waals surface area (Å²) >= 11 is 0. The average molecular weight is 250 g/mol. The van der Waals surface area contributed by atoms with Gasteiger partial charge in [-0.25, -0.2) is 0 Å². The van der Waals surface area contributed by atoms with Crippen LogP contribution in [-0.2, 0) is 0 Å². The lowest BCUT2D eigenvalue weighted by atomic mass is 9.96. The molecule has 2 heterocycles. The number of halogens is 3. The molecular weight excluding hydrogens is 229 g/mol. The molecule has 2 unspecified atom stereocenters. The Kier molecular flexibility index (Phi) is 4.31. The lowest BCUT2D eigenvalue weighted by Gasteiger charge is -2.36. The van der Waals surface area contributed by atoms with Crippen molar-refractivity contribution in [3.8, 4) is 0 Å². The monoisotopic (exact) mass is 250 g/mol. The van der Waals surface area contributed by atoms with Crippen molar-refractivity contribution >= 4 is 0 Å². The molecule has 2 aliphatic rings. The van der Waals surface area contributed by atoms with Crippen LogP contribution in [0.3, 0.4) is 0 Å². The summed E-state index contributed by atoms with van der Waals surface area (Å²) in [6, 6.07) is 0.399. The molecule has 100 valence electrons. The number of hydrogen-bond donors (Lipinski definition) is 1. The van der Waals surface area contributed by atoms with Gasteiger partial charge in [0.25, 0.3) is 0 Å². The number of rotatable bonds is 2. The van der Waals surface area contributed by atoms with Crippen molar-refractivity contribution in [3.63, 3.8) is 0 Å². The molecule has 0 radical (unpaired) electrons. The molecule has 0 spiro atoms. The van der Waals surface area contributed by atoms with Crippen molar-refractivity contribution in [2.24, 2.45) is 5.92 Å². The van der Waals surface area contributed by atoms with Gasteiger partial charge in [0.1, 0.15) is 0 Å². The van der Waals surface area contributed by atoms with Crippen LogP contribution in [-0.4, -0.2) is 43.3 Å². The van der Waals surface area contributed by atoms with Gasteiger partial charge >= 0.3 is 6.18 Å². The summed E-state index contributed by atoms with van der Waals surface area (Å²) in [5, 5.41) is 3.40. The highest BCUT2D eigenvalue weighted by molar-refractivity contribution is 4.82. The Morgan fingerprint density at radius 3 is 2.59 bits per heavy atom. The van der Waals surface area contributed by atoms with E-state index in [4.69, 9.17) is 0 Å². The molecule has 2 fully saturated rings. The average Bonchev–Trinajstić information content (AvgIpc) is 2.29. The number of alkyl halides is 3. The second-order valence-corrected chi connectivity index (χ2v) is 5.29. The molecule has 2 nitrogen and oxygen atoms in total. The van der Waals surface area contributed by atoms with Crippen LogP contribution in [0, 0.1) is 5.92 Å². The summed E-state index contributed by atoms with van der Waals surface area (Å²) in [7, 11) is 0. The number of hydrogen-bond acceptors (Lipinski definition) is 2. The Bertz CT molecular complexity index is 236. The highest BCUT2D eigenvalue weighted by atomic mass is 19.4. The Morgan fingerprint density at radius 2 is 1.94 bits per heavy atom. The Hall–Kier alpha value is -0.290.